The summed E-state index contributed by atoms with van der Waals surface area (Å²) in [5.74, 6) is -1.49. The Labute approximate surface area is 147 Å². The predicted molar refractivity (Wildman–Crippen MR) is 91.3 cm³/mol. The second-order valence-electron chi connectivity index (χ2n) is 4.91. The lowest BCUT2D eigenvalue weighted by Gasteiger charge is -2.10. The van der Waals surface area contributed by atoms with E-state index in [0.29, 0.717) is 11.4 Å². The third-order valence-electron chi connectivity index (χ3n) is 3.03. The zero-order valence-electron chi connectivity index (χ0n) is 13.6. The number of esters is 1. The van der Waals surface area contributed by atoms with Gasteiger partial charge in [-0.2, -0.15) is 4.98 Å². The number of thioether (sulfide) groups is 1. The maximum absolute atomic E-state index is 12.9. The van der Waals surface area contributed by atoms with Crippen LogP contribution in [0.25, 0.3) is 0 Å². The maximum atomic E-state index is 12.9. The van der Waals surface area contributed by atoms with Crippen LogP contribution in [0.1, 0.15) is 23.0 Å². The molecule has 0 aliphatic carbocycles. The number of aryl methyl sites for hydroxylation is 1. The van der Waals surface area contributed by atoms with Gasteiger partial charge in [-0.25, -0.2) is 14.0 Å². The van der Waals surface area contributed by atoms with Crippen molar-refractivity contribution in [1.82, 2.24) is 9.97 Å². The molecule has 0 bridgehead atoms. The van der Waals surface area contributed by atoms with E-state index in [1.807, 2.05) is 0 Å². The fraction of sp³-hybridized carbons (Fsp3) is 0.250. The van der Waals surface area contributed by atoms with Gasteiger partial charge in [0.1, 0.15) is 16.4 Å². The fourth-order valence-electron chi connectivity index (χ4n) is 1.97. The average molecular weight is 365 g/mol. The van der Waals surface area contributed by atoms with E-state index in [4.69, 9.17) is 4.74 Å². The summed E-state index contributed by atoms with van der Waals surface area (Å²) in [6, 6.07) is 5.31. The fourth-order valence-corrected chi connectivity index (χ4v) is 2.84. The van der Waals surface area contributed by atoms with Gasteiger partial charge < -0.3 is 15.0 Å². The van der Waals surface area contributed by atoms with E-state index in [-0.39, 0.29) is 28.9 Å². The number of aromatic amines is 1. The summed E-state index contributed by atoms with van der Waals surface area (Å²) in [5, 5.41) is 2.71. The van der Waals surface area contributed by atoms with Crippen molar-refractivity contribution in [2.24, 2.45) is 0 Å². The molecule has 0 fully saturated rings. The zero-order chi connectivity index (χ0) is 18.4. The first-order valence-corrected chi connectivity index (χ1v) is 8.35. The van der Waals surface area contributed by atoms with E-state index >= 15 is 0 Å². The highest BCUT2D eigenvalue weighted by molar-refractivity contribution is 8.00. The van der Waals surface area contributed by atoms with Crippen molar-refractivity contribution in [3.05, 3.63) is 51.8 Å². The Bertz CT molecular complexity index is 836. The quantitative estimate of drug-likeness (QED) is 0.462. The number of nitrogens with zero attached hydrogens (tertiary/aromatic N) is 1. The van der Waals surface area contributed by atoms with Gasteiger partial charge in [-0.05, 0) is 38.1 Å². The summed E-state index contributed by atoms with van der Waals surface area (Å²) in [7, 11) is 0. The lowest BCUT2D eigenvalue weighted by atomic mass is 10.2. The number of H-pyrrole nitrogens is 1. The van der Waals surface area contributed by atoms with E-state index in [0.717, 1.165) is 11.8 Å². The van der Waals surface area contributed by atoms with E-state index in [2.05, 4.69) is 15.3 Å². The summed E-state index contributed by atoms with van der Waals surface area (Å²) in [5.41, 5.74) is 0.264. The zero-order valence-corrected chi connectivity index (χ0v) is 14.4. The smallest absolute Gasteiger partial charge is 0.346 e. The number of hydrogen-bond donors (Lipinski definition) is 2. The monoisotopic (exact) mass is 365 g/mol. The minimum absolute atomic E-state index is 0.0837. The molecule has 0 aliphatic rings. The van der Waals surface area contributed by atoms with Crippen molar-refractivity contribution >= 4 is 29.3 Å². The molecule has 25 heavy (non-hydrogen) atoms. The van der Waals surface area contributed by atoms with Crippen molar-refractivity contribution in [2.45, 2.75) is 18.9 Å². The number of aromatic nitrogens is 2. The van der Waals surface area contributed by atoms with E-state index in [9.17, 15) is 18.8 Å². The molecule has 0 aliphatic heterocycles. The lowest BCUT2D eigenvalue weighted by molar-refractivity contribution is -0.113. The maximum Gasteiger partial charge on any atom is 0.346 e. The number of anilines is 1. The Morgan fingerprint density at radius 2 is 2.00 bits per heavy atom. The van der Waals surface area contributed by atoms with Crippen LogP contribution in [0.4, 0.5) is 10.1 Å². The van der Waals surface area contributed by atoms with E-state index in [1.165, 1.54) is 24.3 Å². The molecular weight excluding hydrogens is 349 g/mol. The van der Waals surface area contributed by atoms with Crippen molar-refractivity contribution in [3.63, 3.8) is 0 Å². The molecule has 0 radical (unpaired) electrons. The highest BCUT2D eigenvalue weighted by atomic mass is 32.2. The molecule has 2 aromatic rings. The summed E-state index contributed by atoms with van der Waals surface area (Å²) in [4.78, 5) is 41.8. The highest BCUT2D eigenvalue weighted by Crippen LogP contribution is 2.22. The second-order valence-corrected chi connectivity index (χ2v) is 5.88. The van der Waals surface area contributed by atoms with Crippen LogP contribution in [-0.4, -0.2) is 34.2 Å². The van der Waals surface area contributed by atoms with Crippen LogP contribution in [0.3, 0.4) is 0 Å². The summed E-state index contributed by atoms with van der Waals surface area (Å²) >= 11 is 0.942. The molecular formula is C16H16FN3O4S. The number of hydrogen-bond acceptors (Lipinski definition) is 6. The standard InChI is InChI=1S/C16H16FN3O4S/c1-3-24-15(22)13-9(2)18-16(23)20-14(13)25-8-12(21)19-11-6-4-10(17)5-7-11/h4-7H,3,8H2,1-2H3,(H,19,21)(H,18,20,23). The van der Waals surface area contributed by atoms with E-state index in [1.54, 1.807) is 13.8 Å². The highest BCUT2D eigenvalue weighted by Gasteiger charge is 2.20. The third-order valence-corrected chi connectivity index (χ3v) is 4.01. The van der Waals surface area contributed by atoms with Gasteiger partial charge in [-0.1, -0.05) is 11.8 Å². The van der Waals surface area contributed by atoms with Gasteiger partial charge in [0.2, 0.25) is 5.91 Å². The van der Waals surface area contributed by atoms with E-state index < -0.39 is 17.5 Å². The average Bonchev–Trinajstić information content (AvgIpc) is 2.54. The van der Waals surface area contributed by atoms with Gasteiger partial charge in [-0.3, -0.25) is 4.79 Å². The summed E-state index contributed by atoms with van der Waals surface area (Å²) in [6.45, 7) is 3.39. The molecule has 0 saturated carbocycles. The minimum Gasteiger partial charge on any atom is -0.462 e. The minimum atomic E-state index is -0.620. The molecule has 1 amide bonds. The van der Waals surface area contributed by atoms with Crippen molar-refractivity contribution in [3.8, 4) is 0 Å². The molecule has 0 unspecified atom stereocenters. The van der Waals surface area contributed by atoms with Crippen molar-refractivity contribution in [1.29, 1.82) is 0 Å². The van der Waals surface area contributed by atoms with Gasteiger partial charge in [0.15, 0.2) is 0 Å². The third kappa shape index (κ3) is 5.15. The number of carbonyl (C=O) groups excluding carboxylic acids is 2. The molecule has 0 atom stereocenters. The summed E-state index contributed by atoms with van der Waals surface area (Å²) in [6.07, 6.45) is 0. The number of amides is 1. The number of carbonyl (C=O) groups is 2. The van der Waals surface area contributed by atoms with Crippen LogP contribution in [-0.2, 0) is 9.53 Å². The Balaban J connectivity index is 2.11. The van der Waals surface area contributed by atoms with Gasteiger partial charge in [-0.15, -0.1) is 0 Å². The number of benzene rings is 1. The summed E-state index contributed by atoms with van der Waals surface area (Å²) < 4.78 is 17.8. The van der Waals surface area contributed by atoms with Crippen molar-refractivity contribution in [2.75, 3.05) is 17.7 Å². The molecule has 7 nitrogen and oxygen atoms in total. The van der Waals surface area contributed by atoms with Crippen LogP contribution < -0.4 is 11.0 Å². The Kier molecular flexibility index (Phi) is 6.29. The molecule has 0 spiro atoms. The Morgan fingerprint density at radius 1 is 1.32 bits per heavy atom. The molecule has 2 rings (SSSR count). The molecule has 1 heterocycles. The van der Waals surface area contributed by atoms with Gasteiger partial charge in [0.25, 0.3) is 0 Å². The number of rotatable bonds is 6. The van der Waals surface area contributed by atoms with Gasteiger partial charge in [0, 0.05) is 11.4 Å². The van der Waals surface area contributed by atoms with Crippen LogP contribution in [0.2, 0.25) is 0 Å². The molecule has 1 aromatic heterocycles. The molecule has 9 heteroatoms. The van der Waals surface area contributed by atoms with Crippen LogP contribution in [0.5, 0.6) is 0 Å². The first kappa shape index (κ1) is 18.7. The van der Waals surface area contributed by atoms with Gasteiger partial charge >= 0.3 is 11.7 Å². The van der Waals surface area contributed by atoms with Crippen LogP contribution >= 0.6 is 11.8 Å². The number of ether oxygens (including phenoxy) is 1. The Hall–Kier alpha value is -2.68. The first-order chi connectivity index (χ1) is 11.9. The molecule has 132 valence electrons. The molecule has 1 aromatic carbocycles. The Morgan fingerprint density at radius 3 is 2.64 bits per heavy atom. The van der Waals surface area contributed by atoms with Crippen molar-refractivity contribution < 1.29 is 18.7 Å². The van der Waals surface area contributed by atoms with Crippen LogP contribution in [0, 0.1) is 12.7 Å². The number of halogens is 1. The normalized spacial score (nSPS) is 10.4. The molecule has 0 saturated heterocycles. The second kappa shape index (κ2) is 8.43. The number of nitrogens with one attached hydrogen (secondary N) is 2. The SMILES string of the molecule is CCOC(=O)c1c(SCC(=O)Nc2ccc(F)cc2)nc(=O)[nH]c1C. The first-order valence-electron chi connectivity index (χ1n) is 7.37. The lowest BCUT2D eigenvalue weighted by Crippen LogP contribution is -2.21. The van der Waals surface area contributed by atoms with Gasteiger partial charge in [0.05, 0.1) is 12.4 Å². The predicted octanol–water partition coefficient (Wildman–Crippen LogP) is 2.12. The topological polar surface area (TPSA) is 101 Å². The molecule has 2 N–H and O–H groups in total. The largest absolute Gasteiger partial charge is 0.462 e. The van der Waals surface area contributed by atoms with Crippen LogP contribution in [0.15, 0.2) is 34.1 Å².